The predicted molar refractivity (Wildman–Crippen MR) is 101 cm³/mol. The van der Waals surface area contributed by atoms with Crippen molar-refractivity contribution in [1.82, 2.24) is 19.8 Å². The monoisotopic (exact) mass is 351 g/mol. The van der Waals surface area contributed by atoms with Gasteiger partial charge in [0.2, 0.25) is 11.9 Å². The van der Waals surface area contributed by atoms with Gasteiger partial charge in [0, 0.05) is 51.7 Å². The predicted octanol–water partition coefficient (Wildman–Crippen LogP) is 1.57. The van der Waals surface area contributed by atoms with E-state index in [1.807, 2.05) is 17.9 Å². The number of fused-ring (bicyclic) bond motifs is 1. The van der Waals surface area contributed by atoms with Crippen molar-refractivity contribution >= 4 is 11.9 Å². The van der Waals surface area contributed by atoms with Crippen LogP contribution in [0.4, 0.5) is 5.95 Å². The molecule has 2 aromatic rings. The number of carbonyl (C=O) groups excluding carboxylic acids is 1. The van der Waals surface area contributed by atoms with Crippen molar-refractivity contribution < 1.29 is 4.79 Å². The van der Waals surface area contributed by atoms with Gasteiger partial charge in [-0.2, -0.15) is 0 Å². The van der Waals surface area contributed by atoms with Crippen LogP contribution in [0.1, 0.15) is 18.1 Å². The van der Waals surface area contributed by atoms with Crippen LogP contribution < -0.4 is 4.90 Å². The van der Waals surface area contributed by atoms with E-state index in [-0.39, 0.29) is 11.9 Å². The number of carbonyl (C=O) groups is 1. The summed E-state index contributed by atoms with van der Waals surface area (Å²) in [6.45, 7) is 6.87. The summed E-state index contributed by atoms with van der Waals surface area (Å²) in [4.78, 5) is 28.0. The molecule has 2 aliphatic heterocycles. The van der Waals surface area contributed by atoms with Gasteiger partial charge in [-0.3, -0.25) is 9.69 Å². The first kappa shape index (κ1) is 17.0. The molecule has 0 saturated carbocycles. The van der Waals surface area contributed by atoms with Gasteiger partial charge in [0.1, 0.15) is 0 Å². The standard InChI is InChI=1S/C20H25N5O/c1-16(25-10-7-17-5-2-3-6-18(17)15-25)19(26)23-11-13-24(14-12-23)20-21-8-4-9-22-20/h2-6,8-9,16H,7,10-15H2,1H3. The third-order valence-corrected chi connectivity index (χ3v) is 5.49. The van der Waals surface area contributed by atoms with Crippen LogP contribution in [-0.4, -0.2) is 64.4 Å². The van der Waals surface area contributed by atoms with E-state index in [0.29, 0.717) is 0 Å². The Bertz CT molecular complexity index is 758. The van der Waals surface area contributed by atoms with Crippen molar-refractivity contribution in [1.29, 1.82) is 0 Å². The highest BCUT2D eigenvalue weighted by molar-refractivity contribution is 5.81. The molecule has 2 aliphatic rings. The van der Waals surface area contributed by atoms with Crippen LogP contribution >= 0.6 is 0 Å². The molecule has 26 heavy (non-hydrogen) atoms. The maximum Gasteiger partial charge on any atom is 0.239 e. The topological polar surface area (TPSA) is 52.6 Å². The summed E-state index contributed by atoms with van der Waals surface area (Å²) in [5, 5.41) is 0. The van der Waals surface area contributed by atoms with Gasteiger partial charge in [0.15, 0.2) is 0 Å². The third kappa shape index (κ3) is 3.42. The maximum atomic E-state index is 13.0. The Morgan fingerprint density at radius 3 is 2.38 bits per heavy atom. The van der Waals surface area contributed by atoms with Crippen LogP contribution in [0.3, 0.4) is 0 Å². The van der Waals surface area contributed by atoms with Crippen molar-refractivity contribution in [2.24, 2.45) is 0 Å². The number of amides is 1. The summed E-state index contributed by atoms with van der Waals surface area (Å²) in [7, 11) is 0. The summed E-state index contributed by atoms with van der Waals surface area (Å²) < 4.78 is 0. The van der Waals surface area contributed by atoms with E-state index in [1.54, 1.807) is 12.4 Å². The molecule has 6 nitrogen and oxygen atoms in total. The second kappa shape index (κ2) is 7.41. The van der Waals surface area contributed by atoms with E-state index in [1.165, 1.54) is 11.1 Å². The number of piperazine rings is 1. The molecule has 1 fully saturated rings. The van der Waals surface area contributed by atoms with Gasteiger partial charge in [-0.1, -0.05) is 24.3 Å². The fourth-order valence-corrected chi connectivity index (χ4v) is 3.85. The van der Waals surface area contributed by atoms with Gasteiger partial charge in [-0.25, -0.2) is 9.97 Å². The highest BCUT2D eigenvalue weighted by Crippen LogP contribution is 2.21. The minimum Gasteiger partial charge on any atom is -0.338 e. The first-order valence-electron chi connectivity index (χ1n) is 9.34. The van der Waals surface area contributed by atoms with Crippen LogP contribution in [0.15, 0.2) is 42.7 Å². The minimum atomic E-state index is -0.0807. The Kier molecular flexibility index (Phi) is 4.84. The van der Waals surface area contributed by atoms with E-state index in [2.05, 4.69) is 44.0 Å². The maximum absolute atomic E-state index is 13.0. The SMILES string of the molecule is CC(C(=O)N1CCN(c2ncccn2)CC1)N1CCc2ccccc2C1. The van der Waals surface area contributed by atoms with E-state index < -0.39 is 0 Å². The van der Waals surface area contributed by atoms with Crippen molar-refractivity contribution in [3.63, 3.8) is 0 Å². The molecular weight excluding hydrogens is 326 g/mol. The number of benzene rings is 1. The highest BCUT2D eigenvalue weighted by Gasteiger charge is 2.30. The molecule has 3 heterocycles. The lowest BCUT2D eigenvalue weighted by atomic mass is 9.98. The van der Waals surface area contributed by atoms with Gasteiger partial charge >= 0.3 is 0 Å². The number of anilines is 1. The summed E-state index contributed by atoms with van der Waals surface area (Å²) >= 11 is 0. The Labute approximate surface area is 154 Å². The first-order valence-corrected chi connectivity index (χ1v) is 9.34. The van der Waals surface area contributed by atoms with Crippen molar-refractivity contribution in [3.8, 4) is 0 Å². The normalized spacial score (nSPS) is 19.1. The van der Waals surface area contributed by atoms with Crippen LogP contribution in [0.2, 0.25) is 0 Å². The molecule has 6 heteroatoms. The zero-order chi connectivity index (χ0) is 17.9. The molecule has 136 valence electrons. The average Bonchev–Trinajstić information content (AvgIpc) is 2.73. The van der Waals surface area contributed by atoms with E-state index in [9.17, 15) is 4.79 Å². The van der Waals surface area contributed by atoms with Gasteiger partial charge in [-0.05, 0) is 30.5 Å². The van der Waals surface area contributed by atoms with E-state index >= 15 is 0 Å². The molecule has 1 atom stereocenters. The summed E-state index contributed by atoms with van der Waals surface area (Å²) in [6, 6.07) is 10.3. The van der Waals surface area contributed by atoms with Gasteiger partial charge < -0.3 is 9.80 Å². The number of rotatable bonds is 3. The molecule has 1 saturated heterocycles. The van der Waals surface area contributed by atoms with Crippen molar-refractivity contribution in [2.45, 2.75) is 25.9 Å². The Balaban J connectivity index is 1.35. The molecule has 0 aliphatic carbocycles. The fourth-order valence-electron chi connectivity index (χ4n) is 3.85. The molecule has 4 rings (SSSR count). The van der Waals surface area contributed by atoms with Crippen LogP contribution in [0, 0.1) is 0 Å². The molecule has 0 bridgehead atoms. The lowest BCUT2D eigenvalue weighted by Crippen LogP contribution is -2.55. The zero-order valence-electron chi connectivity index (χ0n) is 15.2. The number of aromatic nitrogens is 2. The second-order valence-electron chi connectivity index (χ2n) is 7.03. The Hall–Kier alpha value is -2.47. The van der Waals surface area contributed by atoms with Crippen molar-refractivity contribution in [2.75, 3.05) is 37.6 Å². The Morgan fingerprint density at radius 1 is 0.962 bits per heavy atom. The highest BCUT2D eigenvalue weighted by atomic mass is 16.2. The summed E-state index contributed by atoms with van der Waals surface area (Å²) in [6.07, 6.45) is 4.54. The quantitative estimate of drug-likeness (QED) is 0.840. The van der Waals surface area contributed by atoms with Gasteiger partial charge in [0.25, 0.3) is 0 Å². The second-order valence-corrected chi connectivity index (χ2v) is 7.03. The number of hydrogen-bond acceptors (Lipinski definition) is 5. The Morgan fingerprint density at radius 2 is 1.65 bits per heavy atom. The largest absolute Gasteiger partial charge is 0.338 e. The molecular formula is C20H25N5O. The molecule has 0 radical (unpaired) electrons. The smallest absolute Gasteiger partial charge is 0.239 e. The lowest BCUT2D eigenvalue weighted by molar-refractivity contribution is -0.137. The molecule has 0 N–H and O–H groups in total. The van der Waals surface area contributed by atoms with Gasteiger partial charge in [0.05, 0.1) is 6.04 Å². The molecule has 1 aromatic carbocycles. The molecule has 0 spiro atoms. The fraction of sp³-hybridized carbons (Fsp3) is 0.450. The summed E-state index contributed by atoms with van der Waals surface area (Å²) in [5.41, 5.74) is 2.77. The first-order chi connectivity index (χ1) is 12.7. The molecule has 1 unspecified atom stereocenters. The summed E-state index contributed by atoms with van der Waals surface area (Å²) in [5.74, 6) is 0.985. The number of hydrogen-bond donors (Lipinski definition) is 0. The van der Waals surface area contributed by atoms with Crippen LogP contribution in [0.5, 0.6) is 0 Å². The van der Waals surface area contributed by atoms with Crippen molar-refractivity contribution in [3.05, 3.63) is 53.9 Å². The lowest BCUT2D eigenvalue weighted by Gasteiger charge is -2.39. The van der Waals surface area contributed by atoms with Crippen LogP contribution in [0.25, 0.3) is 0 Å². The zero-order valence-corrected chi connectivity index (χ0v) is 15.2. The van der Waals surface area contributed by atoms with Crippen LogP contribution in [-0.2, 0) is 17.8 Å². The molecule has 1 aromatic heterocycles. The number of nitrogens with zero attached hydrogens (tertiary/aromatic N) is 5. The molecule has 1 amide bonds. The van der Waals surface area contributed by atoms with Gasteiger partial charge in [-0.15, -0.1) is 0 Å². The third-order valence-electron chi connectivity index (χ3n) is 5.49. The minimum absolute atomic E-state index is 0.0807. The average molecular weight is 351 g/mol. The van der Waals surface area contributed by atoms with E-state index in [0.717, 1.165) is 51.6 Å². The van der Waals surface area contributed by atoms with E-state index in [4.69, 9.17) is 0 Å².